The molecular formula is C21H21ClN4O2. The Labute approximate surface area is 170 Å². The molecule has 0 unspecified atom stereocenters. The first-order valence-corrected chi connectivity index (χ1v) is 8.58. The normalized spacial score (nSPS) is 9.75. The average Bonchev–Trinajstić information content (AvgIpc) is 2.65. The topological polar surface area (TPSA) is 74.1 Å². The molecule has 0 fully saturated rings. The van der Waals surface area contributed by atoms with Gasteiger partial charge in [0.25, 0.3) is 5.91 Å². The van der Waals surface area contributed by atoms with Gasteiger partial charge in [-0.25, -0.2) is 0 Å². The van der Waals surface area contributed by atoms with Crippen LogP contribution >= 0.6 is 0 Å². The number of carbonyl (C=O) groups is 2. The number of pyridine rings is 1. The fourth-order valence-corrected chi connectivity index (χ4v) is 2.58. The fourth-order valence-electron chi connectivity index (χ4n) is 2.58. The minimum absolute atomic E-state index is 0. The summed E-state index contributed by atoms with van der Waals surface area (Å²) in [5.74, 6) is -0.275. The second kappa shape index (κ2) is 10.1. The van der Waals surface area contributed by atoms with Gasteiger partial charge in [-0.3, -0.25) is 9.59 Å². The molecule has 144 valence electrons. The lowest BCUT2D eigenvalue weighted by atomic mass is 10.2. The number of rotatable bonds is 6. The number of hydrogen-bond acceptors (Lipinski definition) is 3. The van der Waals surface area contributed by atoms with Crippen molar-refractivity contribution in [3.63, 3.8) is 0 Å². The van der Waals surface area contributed by atoms with Crippen molar-refractivity contribution in [3.05, 3.63) is 79.1 Å². The van der Waals surface area contributed by atoms with Crippen LogP contribution in [0.15, 0.2) is 79.1 Å². The predicted molar refractivity (Wildman–Crippen MR) is 106 cm³/mol. The molecule has 2 amide bonds. The van der Waals surface area contributed by atoms with Gasteiger partial charge in [-0.15, -0.1) is 0 Å². The number of anilines is 4. The van der Waals surface area contributed by atoms with Gasteiger partial charge in [-0.2, -0.15) is 4.57 Å². The van der Waals surface area contributed by atoms with Crippen LogP contribution in [0.5, 0.6) is 0 Å². The number of aromatic nitrogens is 1. The summed E-state index contributed by atoms with van der Waals surface area (Å²) in [6, 6.07) is 20.8. The molecule has 0 aliphatic rings. The summed E-state index contributed by atoms with van der Waals surface area (Å²) in [7, 11) is 0. The molecule has 3 rings (SSSR count). The highest BCUT2D eigenvalue weighted by Gasteiger charge is 2.12. The van der Waals surface area contributed by atoms with Crippen LogP contribution in [-0.4, -0.2) is 11.8 Å². The maximum Gasteiger partial charge on any atom is 0.290 e. The maximum atomic E-state index is 12.4. The fraction of sp³-hybridized carbons (Fsp3) is 0.0952. The zero-order valence-electron chi connectivity index (χ0n) is 15.4. The Bertz CT molecular complexity index is 931. The number of hydrogen-bond donors (Lipinski definition) is 3. The molecule has 1 aromatic heterocycles. The van der Waals surface area contributed by atoms with Crippen molar-refractivity contribution in [1.29, 1.82) is 0 Å². The molecule has 0 bridgehead atoms. The van der Waals surface area contributed by atoms with E-state index in [1.165, 1.54) is 6.92 Å². The average molecular weight is 397 g/mol. The highest BCUT2D eigenvalue weighted by atomic mass is 35.5. The van der Waals surface area contributed by atoms with Gasteiger partial charge in [0.1, 0.15) is 0 Å². The quantitative estimate of drug-likeness (QED) is 0.525. The summed E-state index contributed by atoms with van der Waals surface area (Å²) < 4.78 is 1.74. The van der Waals surface area contributed by atoms with Gasteiger partial charge < -0.3 is 28.4 Å². The Hall–Kier alpha value is -3.38. The Morgan fingerprint density at radius 3 is 2.04 bits per heavy atom. The number of carbonyl (C=O) groups excluding carboxylic acids is 2. The molecule has 0 aliphatic carbocycles. The van der Waals surface area contributed by atoms with Crippen LogP contribution in [-0.2, 0) is 16.1 Å². The smallest absolute Gasteiger partial charge is 0.290 e. The summed E-state index contributed by atoms with van der Waals surface area (Å²) in [5.41, 5.74) is 3.17. The van der Waals surface area contributed by atoms with Crippen molar-refractivity contribution < 1.29 is 26.6 Å². The highest BCUT2D eigenvalue weighted by Crippen LogP contribution is 2.24. The van der Waals surface area contributed by atoms with Crippen LogP contribution in [0.2, 0.25) is 0 Å². The molecule has 6 nitrogen and oxygen atoms in total. The molecule has 2 aromatic carbocycles. The SMILES string of the molecule is CC(=O)Nc1cc[n+](CC(=O)Nc2ccccc2Nc2ccccc2)cc1.[Cl-]. The molecule has 3 N–H and O–H groups in total. The van der Waals surface area contributed by atoms with E-state index in [0.717, 1.165) is 11.4 Å². The zero-order valence-corrected chi connectivity index (χ0v) is 16.1. The summed E-state index contributed by atoms with van der Waals surface area (Å²) in [4.78, 5) is 23.5. The number of benzene rings is 2. The molecular weight excluding hydrogens is 376 g/mol. The van der Waals surface area contributed by atoms with Crippen LogP contribution < -0.4 is 32.9 Å². The van der Waals surface area contributed by atoms with Crippen LogP contribution in [0.4, 0.5) is 22.7 Å². The summed E-state index contributed by atoms with van der Waals surface area (Å²) >= 11 is 0. The number of amides is 2. The van der Waals surface area contributed by atoms with Gasteiger partial charge in [0.2, 0.25) is 12.5 Å². The van der Waals surface area contributed by atoms with E-state index in [1.807, 2.05) is 54.6 Å². The van der Waals surface area contributed by atoms with E-state index in [0.29, 0.717) is 11.4 Å². The van der Waals surface area contributed by atoms with E-state index >= 15 is 0 Å². The Morgan fingerprint density at radius 2 is 1.39 bits per heavy atom. The number of para-hydroxylation sites is 3. The van der Waals surface area contributed by atoms with Crippen LogP contribution in [0.3, 0.4) is 0 Å². The summed E-state index contributed by atoms with van der Waals surface area (Å²) in [5, 5.41) is 8.93. The maximum absolute atomic E-state index is 12.4. The van der Waals surface area contributed by atoms with Gasteiger partial charge >= 0.3 is 0 Å². The summed E-state index contributed by atoms with van der Waals surface area (Å²) in [6.07, 6.45) is 3.50. The largest absolute Gasteiger partial charge is 1.00 e. The molecule has 0 atom stereocenters. The first-order chi connectivity index (χ1) is 13.1. The lowest BCUT2D eigenvalue weighted by Gasteiger charge is -2.12. The van der Waals surface area contributed by atoms with Crippen LogP contribution in [0, 0.1) is 0 Å². The van der Waals surface area contributed by atoms with Crippen LogP contribution in [0.25, 0.3) is 0 Å². The first kappa shape index (κ1) is 20.9. The van der Waals surface area contributed by atoms with Crippen molar-refractivity contribution in [3.8, 4) is 0 Å². The monoisotopic (exact) mass is 396 g/mol. The molecule has 0 saturated carbocycles. The third kappa shape index (κ3) is 6.10. The Balaban J connectivity index is 0.00000280. The highest BCUT2D eigenvalue weighted by molar-refractivity contribution is 5.94. The van der Waals surface area contributed by atoms with Crippen molar-refractivity contribution in [2.75, 3.05) is 16.0 Å². The minimum Gasteiger partial charge on any atom is -1.00 e. The van der Waals surface area contributed by atoms with Gasteiger partial charge in [0, 0.05) is 24.7 Å². The first-order valence-electron chi connectivity index (χ1n) is 8.58. The van der Waals surface area contributed by atoms with Gasteiger partial charge in [-0.1, -0.05) is 30.3 Å². The number of halogens is 1. The van der Waals surface area contributed by atoms with Crippen molar-refractivity contribution in [1.82, 2.24) is 0 Å². The van der Waals surface area contributed by atoms with E-state index in [1.54, 1.807) is 29.1 Å². The standard InChI is InChI=1S/C21H20N4O2.ClH/c1-16(26)22-18-11-13-25(14-12-18)15-21(27)24-20-10-6-5-9-19(20)23-17-7-3-2-4-8-17;/h2-14,23H,15H2,1H3,(H,24,27);1H. The lowest BCUT2D eigenvalue weighted by Crippen LogP contribution is -3.00. The van der Waals surface area contributed by atoms with Crippen molar-refractivity contribution >= 4 is 34.6 Å². The van der Waals surface area contributed by atoms with Gasteiger partial charge in [-0.05, 0) is 24.3 Å². The van der Waals surface area contributed by atoms with E-state index in [4.69, 9.17) is 0 Å². The number of nitrogens with one attached hydrogen (secondary N) is 3. The molecule has 3 aromatic rings. The molecule has 0 spiro atoms. The van der Waals surface area contributed by atoms with Gasteiger partial charge in [0.05, 0.1) is 17.1 Å². The molecule has 28 heavy (non-hydrogen) atoms. The van der Waals surface area contributed by atoms with Gasteiger partial charge in [0.15, 0.2) is 12.4 Å². The minimum atomic E-state index is -0.144. The third-order valence-corrected chi connectivity index (χ3v) is 3.79. The van der Waals surface area contributed by atoms with E-state index in [-0.39, 0.29) is 30.8 Å². The molecule has 7 heteroatoms. The third-order valence-electron chi connectivity index (χ3n) is 3.79. The molecule has 1 heterocycles. The second-order valence-corrected chi connectivity index (χ2v) is 6.03. The summed E-state index contributed by atoms with van der Waals surface area (Å²) in [6.45, 7) is 1.62. The second-order valence-electron chi connectivity index (χ2n) is 6.03. The Kier molecular flexibility index (Phi) is 7.54. The molecule has 0 radical (unpaired) electrons. The lowest BCUT2D eigenvalue weighted by molar-refractivity contribution is -0.684. The molecule has 0 aliphatic heterocycles. The predicted octanol–water partition coefficient (Wildman–Crippen LogP) is 0.319. The van der Waals surface area contributed by atoms with E-state index < -0.39 is 0 Å². The Morgan fingerprint density at radius 1 is 0.786 bits per heavy atom. The molecule has 0 saturated heterocycles. The van der Waals surface area contributed by atoms with E-state index in [9.17, 15) is 9.59 Å². The number of nitrogens with zero attached hydrogens (tertiary/aromatic N) is 1. The van der Waals surface area contributed by atoms with E-state index in [2.05, 4.69) is 16.0 Å². The zero-order chi connectivity index (χ0) is 19.1. The van der Waals surface area contributed by atoms with Crippen LogP contribution in [0.1, 0.15) is 6.92 Å². The van der Waals surface area contributed by atoms with Crippen molar-refractivity contribution in [2.24, 2.45) is 0 Å². The van der Waals surface area contributed by atoms with Crippen molar-refractivity contribution in [2.45, 2.75) is 13.5 Å².